The van der Waals surface area contributed by atoms with Gasteiger partial charge in [0.05, 0.1) is 0 Å². The number of benzene rings is 3. The van der Waals surface area contributed by atoms with E-state index in [-0.39, 0.29) is 29.9 Å². The van der Waals surface area contributed by atoms with Gasteiger partial charge in [-0.05, 0) is 41.0 Å². The molecule has 0 aromatic heterocycles. The summed E-state index contributed by atoms with van der Waals surface area (Å²) in [4.78, 5) is 17.8. The fraction of sp³-hybridized carbons (Fsp3) is 0.231. The number of hydrogen-bond donors (Lipinski definition) is 2. The number of carbonyl (C=O) groups is 1. The molecule has 3 rings (SSSR count). The van der Waals surface area contributed by atoms with E-state index in [0.29, 0.717) is 25.3 Å². The number of para-hydroxylation sites is 1. The molecule has 0 unspecified atom stereocenters. The van der Waals surface area contributed by atoms with Gasteiger partial charge in [0, 0.05) is 39.8 Å². The summed E-state index contributed by atoms with van der Waals surface area (Å²) in [6.07, 6.45) is 0. The van der Waals surface area contributed by atoms with Crippen molar-refractivity contribution in [2.75, 3.05) is 21.1 Å². The van der Waals surface area contributed by atoms with Gasteiger partial charge in [0.1, 0.15) is 12.4 Å². The van der Waals surface area contributed by atoms with Crippen LogP contribution in [0.15, 0.2) is 83.9 Å². The number of nitrogens with zero attached hydrogens (tertiary/aromatic N) is 2. The zero-order chi connectivity index (χ0) is 22.8. The first-order valence-corrected chi connectivity index (χ1v) is 10.6. The molecule has 1 amide bonds. The summed E-state index contributed by atoms with van der Waals surface area (Å²) in [5.41, 5.74) is 4.03. The van der Waals surface area contributed by atoms with E-state index < -0.39 is 0 Å². The molecular weight excluding hydrogens is 527 g/mol. The van der Waals surface area contributed by atoms with Gasteiger partial charge >= 0.3 is 0 Å². The van der Waals surface area contributed by atoms with E-state index >= 15 is 0 Å². The van der Waals surface area contributed by atoms with Crippen molar-refractivity contribution in [3.8, 4) is 5.75 Å². The van der Waals surface area contributed by atoms with Crippen LogP contribution in [0.2, 0.25) is 0 Å². The highest BCUT2D eigenvalue weighted by molar-refractivity contribution is 14.0. The van der Waals surface area contributed by atoms with Gasteiger partial charge in [0.2, 0.25) is 0 Å². The Morgan fingerprint density at radius 1 is 0.818 bits per heavy atom. The minimum absolute atomic E-state index is 0. The third kappa shape index (κ3) is 8.42. The Morgan fingerprint density at radius 3 is 1.85 bits per heavy atom. The van der Waals surface area contributed by atoms with Gasteiger partial charge in [-0.15, -0.1) is 24.0 Å². The molecule has 0 spiro atoms. The molecule has 0 bridgehead atoms. The number of aliphatic imine (C=N–C) groups is 1. The lowest BCUT2D eigenvalue weighted by Crippen LogP contribution is -2.36. The molecule has 3 aromatic rings. The lowest BCUT2D eigenvalue weighted by Gasteiger charge is -2.13. The summed E-state index contributed by atoms with van der Waals surface area (Å²) in [6.45, 7) is 1.82. The van der Waals surface area contributed by atoms with Crippen LogP contribution in [-0.4, -0.2) is 37.9 Å². The minimum Gasteiger partial charge on any atom is -0.489 e. The number of ether oxygens (including phenoxy) is 1. The lowest BCUT2D eigenvalue weighted by molar-refractivity contribution is 0.0827. The number of rotatable bonds is 8. The molecule has 0 saturated heterocycles. The Bertz CT molecular complexity index is 1020. The van der Waals surface area contributed by atoms with Crippen molar-refractivity contribution in [3.05, 3.63) is 101 Å². The van der Waals surface area contributed by atoms with Gasteiger partial charge < -0.3 is 20.3 Å². The van der Waals surface area contributed by atoms with E-state index in [1.165, 1.54) is 0 Å². The van der Waals surface area contributed by atoms with Gasteiger partial charge in [-0.1, -0.05) is 54.6 Å². The first-order valence-electron chi connectivity index (χ1n) is 10.6. The van der Waals surface area contributed by atoms with Crippen LogP contribution in [0.25, 0.3) is 0 Å². The molecule has 174 valence electrons. The molecule has 0 fully saturated rings. The molecule has 0 radical (unpaired) electrons. The lowest BCUT2D eigenvalue weighted by atomic mass is 10.1. The highest BCUT2D eigenvalue weighted by Crippen LogP contribution is 2.12. The van der Waals surface area contributed by atoms with Crippen molar-refractivity contribution in [2.24, 2.45) is 4.99 Å². The van der Waals surface area contributed by atoms with Crippen molar-refractivity contribution in [1.82, 2.24) is 15.5 Å². The van der Waals surface area contributed by atoms with Crippen LogP contribution in [-0.2, 0) is 19.7 Å². The standard InChI is InChI=1S/C26H30N4O2.HI/c1-27-26(29-18-21-13-15-23(16-14-21)25(31)30(2)3)28-17-20-9-11-22(12-10-20)19-32-24-7-5-4-6-8-24;/h4-16H,17-19H2,1-3H3,(H2,27,28,29);1H. The van der Waals surface area contributed by atoms with Crippen LogP contribution < -0.4 is 15.4 Å². The van der Waals surface area contributed by atoms with E-state index in [1.54, 1.807) is 26.0 Å². The van der Waals surface area contributed by atoms with Crippen LogP contribution in [0.3, 0.4) is 0 Å². The molecule has 7 heteroatoms. The highest BCUT2D eigenvalue weighted by Gasteiger charge is 2.07. The Labute approximate surface area is 213 Å². The zero-order valence-electron chi connectivity index (χ0n) is 19.2. The number of nitrogens with one attached hydrogen (secondary N) is 2. The number of amides is 1. The summed E-state index contributed by atoms with van der Waals surface area (Å²) < 4.78 is 5.79. The van der Waals surface area contributed by atoms with E-state index in [1.807, 2.05) is 54.6 Å². The largest absolute Gasteiger partial charge is 0.489 e. The van der Waals surface area contributed by atoms with Crippen molar-refractivity contribution >= 4 is 35.8 Å². The average Bonchev–Trinajstić information content (AvgIpc) is 2.84. The third-order valence-corrected chi connectivity index (χ3v) is 4.92. The van der Waals surface area contributed by atoms with Gasteiger partial charge in [-0.3, -0.25) is 9.79 Å². The predicted octanol–water partition coefficient (Wildman–Crippen LogP) is 4.45. The smallest absolute Gasteiger partial charge is 0.253 e. The fourth-order valence-electron chi connectivity index (χ4n) is 3.05. The third-order valence-electron chi connectivity index (χ3n) is 4.92. The highest BCUT2D eigenvalue weighted by atomic mass is 127. The van der Waals surface area contributed by atoms with Crippen molar-refractivity contribution in [1.29, 1.82) is 0 Å². The van der Waals surface area contributed by atoms with Crippen molar-refractivity contribution in [3.63, 3.8) is 0 Å². The van der Waals surface area contributed by atoms with Crippen molar-refractivity contribution in [2.45, 2.75) is 19.7 Å². The van der Waals surface area contributed by atoms with Gasteiger partial charge in [-0.2, -0.15) is 0 Å². The van der Waals surface area contributed by atoms with Crippen LogP contribution in [0.5, 0.6) is 5.75 Å². The molecule has 0 aliphatic carbocycles. The number of guanidine groups is 1. The summed E-state index contributed by atoms with van der Waals surface area (Å²) in [5, 5.41) is 6.63. The molecule has 0 atom stereocenters. The van der Waals surface area contributed by atoms with Crippen molar-refractivity contribution < 1.29 is 9.53 Å². The average molecular weight is 558 g/mol. The maximum absolute atomic E-state index is 12.0. The van der Waals surface area contributed by atoms with E-state index in [4.69, 9.17) is 4.74 Å². The van der Waals surface area contributed by atoms with Gasteiger partial charge in [-0.25, -0.2) is 0 Å². The quantitative estimate of drug-likeness (QED) is 0.244. The Morgan fingerprint density at radius 2 is 1.33 bits per heavy atom. The van der Waals surface area contributed by atoms with Crippen LogP contribution >= 0.6 is 24.0 Å². The number of halogens is 1. The van der Waals surface area contributed by atoms with Crippen LogP contribution in [0.1, 0.15) is 27.0 Å². The molecule has 0 heterocycles. The fourth-order valence-corrected chi connectivity index (χ4v) is 3.05. The molecule has 6 nitrogen and oxygen atoms in total. The normalized spacial score (nSPS) is 10.7. The van der Waals surface area contributed by atoms with E-state index in [0.717, 1.165) is 28.4 Å². The molecule has 2 N–H and O–H groups in total. The van der Waals surface area contributed by atoms with E-state index in [9.17, 15) is 4.79 Å². The molecule has 0 aliphatic rings. The SMILES string of the molecule is CN=C(NCc1ccc(COc2ccccc2)cc1)NCc1ccc(C(=O)N(C)C)cc1.I. The van der Waals surface area contributed by atoms with Crippen LogP contribution in [0.4, 0.5) is 0 Å². The zero-order valence-corrected chi connectivity index (χ0v) is 21.6. The second-order valence-corrected chi connectivity index (χ2v) is 7.59. The topological polar surface area (TPSA) is 66.0 Å². The Hall–Kier alpha value is -3.07. The Kier molecular flexibility index (Phi) is 10.7. The number of carbonyl (C=O) groups excluding carboxylic acids is 1. The molecular formula is C26H31IN4O2. The second-order valence-electron chi connectivity index (χ2n) is 7.59. The maximum atomic E-state index is 12.0. The summed E-state index contributed by atoms with van der Waals surface area (Å²) >= 11 is 0. The van der Waals surface area contributed by atoms with Crippen LogP contribution in [0, 0.1) is 0 Å². The molecule has 33 heavy (non-hydrogen) atoms. The number of hydrogen-bond acceptors (Lipinski definition) is 3. The minimum atomic E-state index is -0.000340. The summed E-state index contributed by atoms with van der Waals surface area (Å²) in [5.74, 6) is 1.58. The summed E-state index contributed by atoms with van der Waals surface area (Å²) in [7, 11) is 5.25. The molecule has 3 aromatic carbocycles. The molecule has 0 saturated carbocycles. The first-order chi connectivity index (χ1) is 15.5. The Balaban J connectivity index is 0.00000385. The first kappa shape index (κ1) is 26.2. The monoisotopic (exact) mass is 558 g/mol. The second kappa shape index (κ2) is 13.5. The summed E-state index contributed by atoms with van der Waals surface area (Å²) in [6, 6.07) is 25.7. The van der Waals surface area contributed by atoms with E-state index in [2.05, 4.69) is 39.9 Å². The van der Waals surface area contributed by atoms with Gasteiger partial charge in [0.25, 0.3) is 5.91 Å². The molecule has 0 aliphatic heterocycles. The predicted molar refractivity (Wildman–Crippen MR) is 144 cm³/mol. The maximum Gasteiger partial charge on any atom is 0.253 e. The van der Waals surface area contributed by atoms with Gasteiger partial charge in [0.15, 0.2) is 5.96 Å².